The number of nitrogens with one attached hydrogen (secondary N) is 1. The highest BCUT2D eigenvalue weighted by Crippen LogP contribution is 2.30. The number of anilines is 2. The number of morpholine rings is 1. The zero-order chi connectivity index (χ0) is 23.5. The number of fused-ring (bicyclic) bond motifs is 1. The SMILES string of the molecule is O=C(Nc1ccc(-c2nnc3n2CCCCC3)cc1)c1ccc(N2CCOCC2)c([N+](=O)[O-])c1. The topological polar surface area (TPSA) is 115 Å². The van der Waals surface area contributed by atoms with E-state index in [0.717, 1.165) is 43.0 Å². The van der Waals surface area contributed by atoms with Gasteiger partial charge >= 0.3 is 0 Å². The molecule has 2 aliphatic rings. The molecule has 10 nitrogen and oxygen atoms in total. The average molecular weight is 463 g/mol. The summed E-state index contributed by atoms with van der Waals surface area (Å²) in [5, 5.41) is 23.2. The van der Waals surface area contributed by atoms with Crippen LogP contribution < -0.4 is 10.2 Å². The molecular weight excluding hydrogens is 436 g/mol. The summed E-state index contributed by atoms with van der Waals surface area (Å²) < 4.78 is 7.51. The third-order valence-electron chi connectivity index (χ3n) is 6.30. The van der Waals surface area contributed by atoms with Gasteiger partial charge in [-0.2, -0.15) is 0 Å². The number of hydrogen-bond acceptors (Lipinski definition) is 7. The molecule has 2 aliphatic heterocycles. The summed E-state index contributed by atoms with van der Waals surface area (Å²) in [6.07, 6.45) is 4.38. The Labute approximate surface area is 196 Å². The molecule has 3 aromatic rings. The first-order chi connectivity index (χ1) is 16.6. The minimum absolute atomic E-state index is 0.0857. The lowest BCUT2D eigenvalue weighted by Crippen LogP contribution is -2.36. The molecule has 176 valence electrons. The Kier molecular flexibility index (Phi) is 6.22. The first-order valence-electron chi connectivity index (χ1n) is 11.5. The van der Waals surface area contributed by atoms with E-state index in [9.17, 15) is 14.9 Å². The summed E-state index contributed by atoms with van der Waals surface area (Å²) >= 11 is 0. The van der Waals surface area contributed by atoms with Crippen LogP contribution in [0.5, 0.6) is 0 Å². The molecule has 0 radical (unpaired) electrons. The fraction of sp³-hybridized carbons (Fsp3) is 0.375. The van der Waals surface area contributed by atoms with Crippen molar-refractivity contribution in [2.24, 2.45) is 0 Å². The van der Waals surface area contributed by atoms with Crippen molar-refractivity contribution in [2.75, 3.05) is 36.5 Å². The van der Waals surface area contributed by atoms with E-state index >= 15 is 0 Å². The van der Waals surface area contributed by atoms with Gasteiger partial charge in [0.05, 0.1) is 18.1 Å². The Bertz CT molecular complexity index is 1200. The number of aromatic nitrogens is 3. The summed E-state index contributed by atoms with van der Waals surface area (Å²) in [4.78, 5) is 26.0. The molecule has 10 heteroatoms. The largest absolute Gasteiger partial charge is 0.378 e. The van der Waals surface area contributed by atoms with E-state index in [1.165, 1.54) is 12.5 Å². The van der Waals surface area contributed by atoms with Crippen LogP contribution in [0.25, 0.3) is 11.4 Å². The molecule has 2 aromatic carbocycles. The van der Waals surface area contributed by atoms with Crippen molar-refractivity contribution in [3.63, 3.8) is 0 Å². The second-order valence-corrected chi connectivity index (χ2v) is 8.49. The molecule has 3 heterocycles. The molecule has 1 amide bonds. The molecule has 1 saturated heterocycles. The predicted molar refractivity (Wildman–Crippen MR) is 127 cm³/mol. The van der Waals surface area contributed by atoms with E-state index < -0.39 is 10.8 Å². The van der Waals surface area contributed by atoms with Crippen molar-refractivity contribution in [1.82, 2.24) is 14.8 Å². The number of ether oxygens (including phenoxy) is 1. The van der Waals surface area contributed by atoms with Crippen LogP contribution in [0.2, 0.25) is 0 Å². The number of hydrogen-bond donors (Lipinski definition) is 1. The van der Waals surface area contributed by atoms with Gasteiger partial charge in [-0.15, -0.1) is 10.2 Å². The van der Waals surface area contributed by atoms with E-state index in [-0.39, 0.29) is 11.3 Å². The molecule has 1 fully saturated rings. The third kappa shape index (κ3) is 4.49. The maximum Gasteiger partial charge on any atom is 0.293 e. The molecule has 1 N–H and O–H groups in total. The van der Waals surface area contributed by atoms with Gasteiger partial charge in [0, 0.05) is 48.9 Å². The number of benzene rings is 2. The van der Waals surface area contributed by atoms with Crippen LogP contribution >= 0.6 is 0 Å². The van der Waals surface area contributed by atoms with Crippen LogP contribution in [0, 0.1) is 10.1 Å². The maximum atomic E-state index is 12.8. The molecule has 0 spiro atoms. The van der Waals surface area contributed by atoms with E-state index in [0.29, 0.717) is 37.7 Å². The fourth-order valence-corrected chi connectivity index (χ4v) is 4.49. The molecule has 0 unspecified atom stereocenters. The second kappa shape index (κ2) is 9.60. The van der Waals surface area contributed by atoms with E-state index in [4.69, 9.17) is 4.74 Å². The highest BCUT2D eigenvalue weighted by atomic mass is 16.6. The Balaban J connectivity index is 1.32. The zero-order valence-corrected chi connectivity index (χ0v) is 18.8. The third-order valence-corrected chi connectivity index (χ3v) is 6.30. The van der Waals surface area contributed by atoms with Gasteiger partial charge in [0.25, 0.3) is 11.6 Å². The lowest BCUT2D eigenvalue weighted by Gasteiger charge is -2.28. The lowest BCUT2D eigenvalue weighted by atomic mass is 10.1. The van der Waals surface area contributed by atoms with Crippen molar-refractivity contribution in [1.29, 1.82) is 0 Å². The van der Waals surface area contributed by atoms with Gasteiger partial charge in [-0.1, -0.05) is 6.42 Å². The zero-order valence-electron chi connectivity index (χ0n) is 18.8. The van der Waals surface area contributed by atoms with Crippen molar-refractivity contribution in [3.05, 3.63) is 64.0 Å². The quantitative estimate of drug-likeness (QED) is 0.454. The van der Waals surface area contributed by atoms with Crippen molar-refractivity contribution < 1.29 is 14.5 Å². The molecule has 1 aromatic heterocycles. The van der Waals surface area contributed by atoms with Crippen molar-refractivity contribution in [2.45, 2.75) is 32.2 Å². The molecule has 5 rings (SSSR count). The lowest BCUT2D eigenvalue weighted by molar-refractivity contribution is -0.384. The first-order valence-corrected chi connectivity index (χ1v) is 11.5. The standard InChI is InChI=1S/C24H26N6O4/c31-24(18-7-10-20(21(16-18)30(32)33)28-12-14-34-15-13-28)25-19-8-5-17(6-9-19)23-27-26-22-4-2-1-3-11-29(22)23/h5-10,16H,1-4,11-15H2,(H,25,31). The Hall–Kier alpha value is -3.79. The van der Waals surface area contributed by atoms with Gasteiger partial charge in [-0.25, -0.2) is 0 Å². The molecule has 0 saturated carbocycles. The number of aryl methyl sites for hydroxylation is 1. The smallest absolute Gasteiger partial charge is 0.293 e. The highest BCUT2D eigenvalue weighted by Gasteiger charge is 2.23. The van der Waals surface area contributed by atoms with Gasteiger partial charge in [0.1, 0.15) is 11.5 Å². The summed E-state index contributed by atoms with van der Waals surface area (Å²) in [6, 6.07) is 12.0. The van der Waals surface area contributed by atoms with Gasteiger partial charge in [-0.05, 0) is 49.2 Å². The van der Waals surface area contributed by atoms with Gasteiger partial charge in [0.2, 0.25) is 0 Å². The number of nitrogens with zero attached hydrogens (tertiary/aromatic N) is 5. The van der Waals surface area contributed by atoms with E-state index in [1.54, 1.807) is 12.1 Å². The number of nitro benzene ring substituents is 1. The average Bonchev–Trinajstić information content (AvgIpc) is 3.12. The second-order valence-electron chi connectivity index (χ2n) is 8.49. The fourth-order valence-electron chi connectivity index (χ4n) is 4.49. The maximum absolute atomic E-state index is 12.8. The van der Waals surface area contributed by atoms with Gasteiger partial charge < -0.3 is 19.5 Å². The van der Waals surface area contributed by atoms with Crippen molar-refractivity contribution in [3.8, 4) is 11.4 Å². The summed E-state index contributed by atoms with van der Waals surface area (Å²) in [5.74, 6) is 1.46. The minimum Gasteiger partial charge on any atom is -0.378 e. The Morgan fingerprint density at radius 2 is 1.79 bits per heavy atom. The van der Waals surface area contributed by atoms with Crippen LogP contribution in [-0.4, -0.2) is 51.9 Å². The van der Waals surface area contributed by atoms with Crippen LogP contribution in [0.4, 0.5) is 17.1 Å². The number of carbonyl (C=O) groups is 1. The van der Waals surface area contributed by atoms with E-state index in [2.05, 4.69) is 20.1 Å². The van der Waals surface area contributed by atoms with Crippen LogP contribution in [-0.2, 0) is 17.7 Å². The monoisotopic (exact) mass is 462 g/mol. The molecule has 34 heavy (non-hydrogen) atoms. The van der Waals surface area contributed by atoms with E-state index in [1.807, 2.05) is 29.2 Å². The predicted octanol–water partition coefficient (Wildman–Crippen LogP) is 3.67. The Morgan fingerprint density at radius 3 is 2.56 bits per heavy atom. The van der Waals surface area contributed by atoms with Gasteiger partial charge in [-0.3, -0.25) is 14.9 Å². The summed E-state index contributed by atoms with van der Waals surface area (Å²) in [7, 11) is 0. The van der Waals surface area contributed by atoms with Gasteiger partial charge in [0.15, 0.2) is 5.82 Å². The normalized spacial score (nSPS) is 15.9. The van der Waals surface area contributed by atoms with Crippen LogP contribution in [0.3, 0.4) is 0 Å². The molecule has 0 atom stereocenters. The van der Waals surface area contributed by atoms with Crippen LogP contribution in [0.1, 0.15) is 35.4 Å². The minimum atomic E-state index is -0.447. The van der Waals surface area contributed by atoms with Crippen LogP contribution in [0.15, 0.2) is 42.5 Å². The Morgan fingerprint density at radius 1 is 1.00 bits per heavy atom. The molecular formula is C24H26N6O4. The highest BCUT2D eigenvalue weighted by molar-refractivity contribution is 6.05. The number of carbonyl (C=O) groups excluding carboxylic acids is 1. The number of amides is 1. The van der Waals surface area contributed by atoms with Crippen molar-refractivity contribution >= 4 is 23.0 Å². The summed E-state index contributed by atoms with van der Waals surface area (Å²) in [6.45, 7) is 3.11. The number of rotatable bonds is 5. The molecule has 0 aliphatic carbocycles. The molecule has 0 bridgehead atoms. The first kappa shape index (κ1) is 22.0. The number of nitro groups is 1. The summed E-state index contributed by atoms with van der Waals surface area (Å²) in [5.41, 5.74) is 2.18.